The van der Waals surface area contributed by atoms with Crippen LogP contribution >= 0.6 is 11.8 Å². The van der Waals surface area contributed by atoms with Crippen molar-refractivity contribution in [3.63, 3.8) is 0 Å². The van der Waals surface area contributed by atoms with Crippen LogP contribution in [0.3, 0.4) is 0 Å². The standard InChI is InChI=1S/C11H20O4S/c1-13-4-5-15-7-6-14-3-2-10-8-16-9-11(10)12/h10H,2-9H2,1H3. The molecule has 0 saturated carbocycles. The number of methoxy groups -OCH3 is 1. The van der Waals surface area contributed by atoms with E-state index in [2.05, 4.69) is 0 Å². The quantitative estimate of drug-likeness (QED) is 0.569. The Morgan fingerprint density at radius 3 is 2.50 bits per heavy atom. The molecular formula is C11H20O4S. The van der Waals surface area contributed by atoms with Crippen LogP contribution < -0.4 is 0 Å². The molecule has 94 valence electrons. The van der Waals surface area contributed by atoms with Gasteiger partial charge in [-0.1, -0.05) is 0 Å². The number of hydrogen-bond acceptors (Lipinski definition) is 5. The first-order valence-corrected chi connectivity index (χ1v) is 6.75. The van der Waals surface area contributed by atoms with Gasteiger partial charge in [-0.15, -0.1) is 0 Å². The number of rotatable bonds is 9. The molecule has 1 heterocycles. The molecule has 1 atom stereocenters. The van der Waals surface area contributed by atoms with E-state index < -0.39 is 0 Å². The zero-order valence-electron chi connectivity index (χ0n) is 9.78. The highest BCUT2D eigenvalue weighted by Gasteiger charge is 2.24. The van der Waals surface area contributed by atoms with Gasteiger partial charge in [-0.25, -0.2) is 0 Å². The summed E-state index contributed by atoms with van der Waals surface area (Å²) in [6.07, 6.45) is 0.851. The van der Waals surface area contributed by atoms with Gasteiger partial charge in [0.15, 0.2) is 0 Å². The van der Waals surface area contributed by atoms with Crippen LogP contribution in [0.5, 0.6) is 0 Å². The summed E-state index contributed by atoms with van der Waals surface area (Å²) in [6.45, 7) is 3.07. The first kappa shape index (κ1) is 14.0. The average molecular weight is 248 g/mol. The minimum absolute atomic E-state index is 0.222. The number of thioether (sulfide) groups is 1. The summed E-state index contributed by atoms with van der Waals surface area (Å²) >= 11 is 1.72. The number of hydrogen-bond donors (Lipinski definition) is 0. The molecule has 0 radical (unpaired) electrons. The summed E-state index contributed by atoms with van der Waals surface area (Å²) in [4.78, 5) is 11.3. The second-order valence-corrected chi connectivity index (χ2v) is 4.71. The van der Waals surface area contributed by atoms with E-state index in [9.17, 15) is 4.79 Å². The van der Waals surface area contributed by atoms with Crippen LogP contribution in [0, 0.1) is 5.92 Å². The summed E-state index contributed by atoms with van der Waals surface area (Å²) in [7, 11) is 1.65. The summed E-state index contributed by atoms with van der Waals surface area (Å²) in [5.74, 6) is 2.25. The Labute approximate surface area is 101 Å². The Balaban J connectivity index is 1.83. The molecule has 5 heteroatoms. The normalized spacial score (nSPS) is 20.6. The zero-order chi connectivity index (χ0) is 11.6. The maximum absolute atomic E-state index is 11.3. The fourth-order valence-corrected chi connectivity index (χ4v) is 2.64. The molecule has 0 amide bonds. The molecule has 0 N–H and O–H groups in total. The minimum atomic E-state index is 0.222. The van der Waals surface area contributed by atoms with E-state index in [4.69, 9.17) is 14.2 Å². The Kier molecular flexibility index (Phi) is 7.84. The maximum Gasteiger partial charge on any atom is 0.146 e. The van der Waals surface area contributed by atoms with E-state index in [0.29, 0.717) is 44.6 Å². The van der Waals surface area contributed by atoms with E-state index in [1.54, 1.807) is 18.9 Å². The number of ether oxygens (including phenoxy) is 3. The van der Waals surface area contributed by atoms with Crippen LogP contribution in [0.15, 0.2) is 0 Å². The molecule has 1 rings (SSSR count). The van der Waals surface area contributed by atoms with Crippen molar-refractivity contribution in [1.82, 2.24) is 0 Å². The van der Waals surface area contributed by atoms with Crippen molar-refractivity contribution < 1.29 is 19.0 Å². The number of carbonyl (C=O) groups is 1. The van der Waals surface area contributed by atoms with Crippen molar-refractivity contribution >= 4 is 17.5 Å². The fourth-order valence-electron chi connectivity index (χ4n) is 1.45. The molecular weight excluding hydrogens is 228 g/mol. The van der Waals surface area contributed by atoms with Gasteiger partial charge in [-0.3, -0.25) is 4.79 Å². The number of ketones is 1. The van der Waals surface area contributed by atoms with E-state index in [0.717, 1.165) is 12.2 Å². The van der Waals surface area contributed by atoms with Gasteiger partial charge < -0.3 is 14.2 Å². The third-order valence-electron chi connectivity index (χ3n) is 2.43. The number of carbonyl (C=O) groups excluding carboxylic acids is 1. The van der Waals surface area contributed by atoms with Crippen molar-refractivity contribution in [3.8, 4) is 0 Å². The van der Waals surface area contributed by atoms with Crippen LogP contribution in [-0.4, -0.2) is 57.4 Å². The van der Waals surface area contributed by atoms with Crippen LogP contribution in [0.25, 0.3) is 0 Å². The molecule has 1 fully saturated rings. The Morgan fingerprint density at radius 2 is 1.88 bits per heavy atom. The van der Waals surface area contributed by atoms with Gasteiger partial charge in [0, 0.05) is 25.4 Å². The van der Waals surface area contributed by atoms with Gasteiger partial charge >= 0.3 is 0 Å². The van der Waals surface area contributed by atoms with Gasteiger partial charge in [0.05, 0.1) is 32.2 Å². The predicted octanol–water partition coefficient (Wildman–Crippen LogP) is 0.988. The third-order valence-corrected chi connectivity index (χ3v) is 3.56. The van der Waals surface area contributed by atoms with Crippen molar-refractivity contribution in [2.45, 2.75) is 6.42 Å². The molecule has 1 unspecified atom stereocenters. The van der Waals surface area contributed by atoms with E-state index in [1.165, 1.54) is 0 Å². The van der Waals surface area contributed by atoms with Gasteiger partial charge in [0.2, 0.25) is 0 Å². The predicted molar refractivity (Wildman–Crippen MR) is 64.0 cm³/mol. The average Bonchev–Trinajstić information content (AvgIpc) is 2.68. The van der Waals surface area contributed by atoms with E-state index in [-0.39, 0.29) is 5.92 Å². The molecule has 16 heavy (non-hydrogen) atoms. The van der Waals surface area contributed by atoms with Crippen LogP contribution in [0.1, 0.15) is 6.42 Å². The smallest absolute Gasteiger partial charge is 0.146 e. The Morgan fingerprint density at radius 1 is 1.19 bits per heavy atom. The van der Waals surface area contributed by atoms with Crippen molar-refractivity contribution in [2.24, 2.45) is 5.92 Å². The summed E-state index contributed by atoms with van der Waals surface area (Å²) in [5, 5.41) is 0. The SMILES string of the molecule is COCCOCCOCCC1CSCC1=O. The van der Waals surface area contributed by atoms with Gasteiger partial charge in [-0.2, -0.15) is 11.8 Å². The van der Waals surface area contributed by atoms with Gasteiger partial charge in [-0.05, 0) is 6.42 Å². The lowest BCUT2D eigenvalue weighted by atomic mass is 10.1. The molecule has 4 nitrogen and oxygen atoms in total. The first-order valence-electron chi connectivity index (χ1n) is 5.59. The first-order chi connectivity index (χ1) is 7.84. The molecule has 0 spiro atoms. The van der Waals surface area contributed by atoms with E-state index in [1.807, 2.05) is 0 Å². The van der Waals surface area contributed by atoms with E-state index >= 15 is 0 Å². The van der Waals surface area contributed by atoms with Crippen LogP contribution in [-0.2, 0) is 19.0 Å². The molecule has 0 bridgehead atoms. The zero-order valence-corrected chi connectivity index (χ0v) is 10.6. The van der Waals surface area contributed by atoms with Crippen molar-refractivity contribution in [2.75, 3.05) is 51.6 Å². The summed E-state index contributed by atoms with van der Waals surface area (Å²) < 4.78 is 15.5. The second kappa shape index (κ2) is 8.98. The second-order valence-electron chi connectivity index (χ2n) is 3.68. The third kappa shape index (κ3) is 5.84. The lowest BCUT2D eigenvalue weighted by Gasteiger charge is -2.08. The largest absolute Gasteiger partial charge is 0.382 e. The molecule has 0 aromatic heterocycles. The maximum atomic E-state index is 11.3. The van der Waals surface area contributed by atoms with Gasteiger partial charge in [0.25, 0.3) is 0 Å². The lowest BCUT2D eigenvalue weighted by molar-refractivity contribution is -0.119. The monoisotopic (exact) mass is 248 g/mol. The fraction of sp³-hybridized carbons (Fsp3) is 0.909. The molecule has 0 aromatic rings. The molecule has 0 aromatic carbocycles. The topological polar surface area (TPSA) is 44.8 Å². The molecule has 1 saturated heterocycles. The van der Waals surface area contributed by atoms with Crippen molar-refractivity contribution in [1.29, 1.82) is 0 Å². The molecule has 1 aliphatic rings. The van der Waals surface area contributed by atoms with Crippen LogP contribution in [0.4, 0.5) is 0 Å². The van der Waals surface area contributed by atoms with Crippen molar-refractivity contribution in [3.05, 3.63) is 0 Å². The summed E-state index contributed by atoms with van der Waals surface area (Å²) in [6, 6.07) is 0. The Bertz CT molecular complexity index is 198. The molecule has 0 aliphatic carbocycles. The summed E-state index contributed by atoms with van der Waals surface area (Å²) in [5.41, 5.74) is 0. The highest BCUT2D eigenvalue weighted by molar-refractivity contribution is 8.00. The van der Waals surface area contributed by atoms with Gasteiger partial charge in [0.1, 0.15) is 5.78 Å². The highest BCUT2D eigenvalue weighted by atomic mass is 32.2. The highest BCUT2D eigenvalue weighted by Crippen LogP contribution is 2.22. The van der Waals surface area contributed by atoms with Crippen LogP contribution in [0.2, 0.25) is 0 Å². The Hall–Kier alpha value is -0.100. The molecule has 1 aliphatic heterocycles. The minimum Gasteiger partial charge on any atom is -0.382 e. The number of Topliss-reactive ketones (excluding diaryl/α,β-unsaturated/α-hetero) is 1. The lowest BCUT2D eigenvalue weighted by Crippen LogP contribution is -2.15.